The van der Waals surface area contributed by atoms with Gasteiger partial charge in [-0.2, -0.15) is 0 Å². The number of halogens is 1. The van der Waals surface area contributed by atoms with Crippen molar-refractivity contribution in [2.45, 2.75) is 38.0 Å². The van der Waals surface area contributed by atoms with Crippen LogP contribution < -0.4 is 15.6 Å². The maximum atomic E-state index is 12.8. The average molecular weight is 449 g/mol. The van der Waals surface area contributed by atoms with E-state index in [0.29, 0.717) is 30.3 Å². The summed E-state index contributed by atoms with van der Waals surface area (Å²) in [5, 5.41) is 4.92. The van der Waals surface area contributed by atoms with Gasteiger partial charge in [0.05, 0.1) is 0 Å². The second kappa shape index (κ2) is 8.11. The maximum absolute atomic E-state index is 12.8. The van der Waals surface area contributed by atoms with E-state index in [1.807, 2.05) is 42.5 Å². The molecule has 2 aliphatic heterocycles. The van der Waals surface area contributed by atoms with E-state index in [0.717, 1.165) is 17.6 Å². The molecule has 32 heavy (non-hydrogen) atoms. The second-order valence-electron chi connectivity index (χ2n) is 8.50. The Kier molecular flexibility index (Phi) is 5.27. The Morgan fingerprint density at radius 2 is 1.97 bits per heavy atom. The molecule has 4 aromatic rings. The molecule has 2 bridgehead atoms. The molecule has 164 valence electrons. The molecule has 1 saturated heterocycles. The molecule has 1 fully saturated rings. The summed E-state index contributed by atoms with van der Waals surface area (Å²) in [7, 11) is 2.09. The van der Waals surface area contributed by atoms with Crippen molar-refractivity contribution >= 4 is 23.4 Å². The Bertz CT molecular complexity index is 1350. The van der Waals surface area contributed by atoms with E-state index in [1.54, 1.807) is 10.8 Å². The lowest BCUT2D eigenvalue weighted by Crippen LogP contribution is -2.32. The van der Waals surface area contributed by atoms with Gasteiger partial charge in [-0.1, -0.05) is 30.3 Å². The van der Waals surface area contributed by atoms with E-state index in [1.165, 1.54) is 35.6 Å². The van der Waals surface area contributed by atoms with Crippen LogP contribution in [0.2, 0.25) is 0 Å². The normalized spacial score (nSPS) is 18.9. The fourth-order valence-corrected chi connectivity index (χ4v) is 5.06. The zero-order valence-corrected chi connectivity index (χ0v) is 18.6. The summed E-state index contributed by atoms with van der Waals surface area (Å²) in [6, 6.07) is 18.3. The number of fused-ring (bicyclic) bond motifs is 6. The summed E-state index contributed by atoms with van der Waals surface area (Å²) in [6.45, 7) is 0.430. The minimum atomic E-state index is -0.155. The zero-order valence-electron chi connectivity index (χ0n) is 17.8. The Morgan fingerprint density at radius 3 is 2.78 bits per heavy atom. The molecule has 6 nitrogen and oxygen atoms in total. The van der Waals surface area contributed by atoms with Crippen molar-refractivity contribution in [2.75, 3.05) is 0 Å². The third-order valence-electron chi connectivity index (χ3n) is 6.60. The van der Waals surface area contributed by atoms with Crippen molar-refractivity contribution < 1.29 is 4.74 Å². The highest BCUT2D eigenvalue weighted by Crippen LogP contribution is 2.41. The van der Waals surface area contributed by atoms with Crippen molar-refractivity contribution in [1.29, 1.82) is 0 Å². The predicted molar refractivity (Wildman–Crippen MR) is 127 cm³/mol. The molecule has 6 rings (SSSR count). The molecule has 0 amide bonds. The first-order chi connectivity index (χ1) is 15.2. The van der Waals surface area contributed by atoms with Crippen LogP contribution >= 0.6 is 12.4 Å². The van der Waals surface area contributed by atoms with Crippen molar-refractivity contribution in [1.82, 2.24) is 19.4 Å². The Hall–Kier alpha value is -3.09. The van der Waals surface area contributed by atoms with Crippen LogP contribution in [0.1, 0.15) is 35.7 Å². The van der Waals surface area contributed by atoms with E-state index in [4.69, 9.17) is 9.72 Å². The number of nitrogens with one attached hydrogen (secondary N) is 1. The van der Waals surface area contributed by atoms with Crippen LogP contribution in [0.5, 0.6) is 5.75 Å². The summed E-state index contributed by atoms with van der Waals surface area (Å²) < 4.78 is 9.58. The smallest absolute Gasteiger partial charge is 0.259 e. The highest BCUT2D eigenvalue weighted by atomic mass is 35.5. The number of hydrogen-bond acceptors (Lipinski definition) is 4. The molecular formula is C25H25ClN4O2. The maximum Gasteiger partial charge on any atom is 0.259 e. The van der Waals surface area contributed by atoms with E-state index >= 15 is 0 Å². The van der Waals surface area contributed by atoms with Gasteiger partial charge in [0.2, 0.25) is 0 Å². The molecule has 0 spiro atoms. The molecule has 2 unspecified atom stereocenters. The third-order valence-corrected chi connectivity index (χ3v) is 6.60. The van der Waals surface area contributed by atoms with Crippen molar-refractivity contribution in [3.8, 4) is 11.6 Å². The number of rotatable bonds is 4. The number of benzene rings is 1. The van der Waals surface area contributed by atoms with Gasteiger partial charge in [-0.3, -0.25) is 9.36 Å². The molecule has 1 N–H and O–H groups in total. The first kappa shape index (κ1) is 20.8. The highest BCUT2D eigenvalue weighted by molar-refractivity contribution is 5.85. The number of pyridine rings is 2. The number of aromatic nitrogens is 3. The second-order valence-corrected chi connectivity index (χ2v) is 8.50. The summed E-state index contributed by atoms with van der Waals surface area (Å²) in [5.74, 6) is 1.19. The molecule has 2 atom stereocenters. The van der Waals surface area contributed by atoms with Gasteiger partial charge in [0.15, 0.2) is 0 Å². The molecule has 0 radical (unpaired) electrons. The van der Waals surface area contributed by atoms with Gasteiger partial charge >= 0.3 is 0 Å². The van der Waals surface area contributed by atoms with Gasteiger partial charge in [-0.25, -0.2) is 4.98 Å². The van der Waals surface area contributed by atoms with Crippen molar-refractivity contribution in [2.24, 2.45) is 7.05 Å². The molecule has 1 aromatic carbocycles. The predicted octanol–water partition coefficient (Wildman–Crippen LogP) is 4.07. The highest BCUT2D eigenvalue weighted by Gasteiger charge is 2.36. The van der Waals surface area contributed by atoms with Crippen LogP contribution in [-0.2, 0) is 20.1 Å². The fourth-order valence-electron chi connectivity index (χ4n) is 5.06. The van der Waals surface area contributed by atoms with Gasteiger partial charge < -0.3 is 14.6 Å². The van der Waals surface area contributed by atoms with Gasteiger partial charge in [0.1, 0.15) is 23.8 Å². The van der Waals surface area contributed by atoms with Gasteiger partial charge in [-0.15, -0.1) is 12.4 Å². The van der Waals surface area contributed by atoms with Crippen LogP contribution in [0.3, 0.4) is 0 Å². The van der Waals surface area contributed by atoms with Gasteiger partial charge in [0.25, 0.3) is 5.56 Å². The van der Waals surface area contributed by atoms with Crippen LogP contribution in [0, 0.1) is 0 Å². The number of hydrogen-bond donors (Lipinski definition) is 1. The summed E-state index contributed by atoms with van der Waals surface area (Å²) in [6.07, 6.45) is 5.20. The van der Waals surface area contributed by atoms with E-state index in [9.17, 15) is 4.79 Å². The van der Waals surface area contributed by atoms with Crippen LogP contribution in [0.25, 0.3) is 16.9 Å². The van der Waals surface area contributed by atoms with Crippen LogP contribution in [0.4, 0.5) is 0 Å². The lowest BCUT2D eigenvalue weighted by molar-refractivity contribution is 0.305. The Balaban J connectivity index is 0.00000216. The fraction of sp³-hybridized carbons (Fsp3) is 0.280. The minimum Gasteiger partial charge on any atom is -0.489 e. The average Bonchev–Trinajstić information content (AvgIpc) is 3.31. The van der Waals surface area contributed by atoms with E-state index in [2.05, 4.69) is 23.0 Å². The van der Waals surface area contributed by atoms with Crippen LogP contribution in [0.15, 0.2) is 65.6 Å². The van der Waals surface area contributed by atoms with Crippen molar-refractivity contribution in [3.05, 3.63) is 88.0 Å². The van der Waals surface area contributed by atoms with Gasteiger partial charge in [-0.05, 0) is 42.2 Å². The molecule has 2 aliphatic rings. The number of nitrogens with zero attached hydrogens (tertiary/aromatic N) is 3. The minimum absolute atomic E-state index is 0. The molecular weight excluding hydrogens is 424 g/mol. The van der Waals surface area contributed by atoms with Gasteiger partial charge in [0, 0.05) is 48.9 Å². The monoisotopic (exact) mass is 448 g/mol. The number of ether oxygens (including phenoxy) is 1. The van der Waals surface area contributed by atoms with E-state index < -0.39 is 0 Å². The molecule has 0 saturated carbocycles. The van der Waals surface area contributed by atoms with Crippen LogP contribution in [-0.4, -0.2) is 20.2 Å². The SMILES string of the molecule is Cl.Cn1c2c(c3ccc(-n4ccc(OCc5ccccc5)cc4=O)nc31)C1CCC(C2)N1. The largest absolute Gasteiger partial charge is 0.489 e. The topological polar surface area (TPSA) is 61.1 Å². The summed E-state index contributed by atoms with van der Waals surface area (Å²) >= 11 is 0. The summed E-state index contributed by atoms with van der Waals surface area (Å²) in [4.78, 5) is 17.7. The number of aryl methyl sites for hydroxylation is 1. The van der Waals surface area contributed by atoms with Crippen molar-refractivity contribution in [3.63, 3.8) is 0 Å². The lowest BCUT2D eigenvalue weighted by atomic mass is 10.00. The molecule has 0 aliphatic carbocycles. The standard InChI is InChI=1S/C25H24N4O2.ClH/c1-28-21-13-17-7-9-20(26-17)24(21)19-8-10-22(27-25(19)28)29-12-11-18(14-23(29)30)31-15-16-5-3-2-4-6-16;/h2-6,8,10-12,14,17,20,26H,7,9,13,15H2,1H3;1H. The summed E-state index contributed by atoms with van der Waals surface area (Å²) in [5.41, 5.74) is 4.62. The lowest BCUT2D eigenvalue weighted by Gasteiger charge is -2.22. The van der Waals surface area contributed by atoms with E-state index in [-0.39, 0.29) is 18.0 Å². The third kappa shape index (κ3) is 3.40. The molecule has 7 heteroatoms. The molecule has 3 aromatic heterocycles. The first-order valence-corrected chi connectivity index (χ1v) is 10.8. The Morgan fingerprint density at radius 1 is 1.12 bits per heavy atom. The first-order valence-electron chi connectivity index (χ1n) is 10.8. The zero-order chi connectivity index (χ0) is 20.9. The Labute approximate surface area is 192 Å². The molecule has 5 heterocycles. The quantitative estimate of drug-likeness (QED) is 0.511.